The van der Waals surface area contributed by atoms with Crippen molar-refractivity contribution in [2.45, 2.75) is 30.6 Å². The SMILES string of the molecule is O=S(=O)(c1cccc(N2CCCC2)c1)N1CCCC1. The molecule has 2 saturated heterocycles. The summed E-state index contributed by atoms with van der Waals surface area (Å²) in [5.41, 5.74) is 1.04. The highest BCUT2D eigenvalue weighted by molar-refractivity contribution is 7.89. The molecular formula is C14H20N2O2S. The van der Waals surface area contributed by atoms with E-state index in [1.807, 2.05) is 18.2 Å². The van der Waals surface area contributed by atoms with Crippen LogP contribution in [0.25, 0.3) is 0 Å². The van der Waals surface area contributed by atoms with Gasteiger partial charge in [-0.1, -0.05) is 6.07 Å². The van der Waals surface area contributed by atoms with Crippen LogP contribution in [0.5, 0.6) is 0 Å². The van der Waals surface area contributed by atoms with Crippen molar-refractivity contribution >= 4 is 15.7 Å². The zero-order valence-electron chi connectivity index (χ0n) is 11.1. The molecule has 2 aliphatic heterocycles. The molecule has 19 heavy (non-hydrogen) atoms. The Balaban J connectivity index is 1.89. The monoisotopic (exact) mass is 280 g/mol. The maximum Gasteiger partial charge on any atom is 0.243 e. The van der Waals surface area contributed by atoms with Crippen LogP contribution in [-0.2, 0) is 10.0 Å². The van der Waals surface area contributed by atoms with Crippen LogP contribution < -0.4 is 4.90 Å². The van der Waals surface area contributed by atoms with Crippen LogP contribution in [0.1, 0.15) is 25.7 Å². The van der Waals surface area contributed by atoms with Gasteiger partial charge in [0.15, 0.2) is 0 Å². The lowest BCUT2D eigenvalue weighted by Crippen LogP contribution is -2.28. The summed E-state index contributed by atoms with van der Waals surface area (Å²) >= 11 is 0. The normalized spacial score (nSPS) is 21.2. The van der Waals surface area contributed by atoms with E-state index in [-0.39, 0.29) is 0 Å². The minimum absolute atomic E-state index is 0.443. The first kappa shape index (κ1) is 12.9. The predicted molar refractivity (Wildman–Crippen MR) is 75.9 cm³/mol. The molecule has 5 heteroatoms. The number of benzene rings is 1. The number of hydrogen-bond acceptors (Lipinski definition) is 3. The molecule has 1 aromatic rings. The molecule has 0 saturated carbocycles. The number of hydrogen-bond donors (Lipinski definition) is 0. The number of rotatable bonds is 3. The van der Waals surface area contributed by atoms with Gasteiger partial charge in [-0.15, -0.1) is 0 Å². The minimum atomic E-state index is -3.28. The van der Waals surface area contributed by atoms with E-state index in [1.165, 1.54) is 12.8 Å². The van der Waals surface area contributed by atoms with E-state index < -0.39 is 10.0 Å². The molecule has 3 rings (SSSR count). The summed E-state index contributed by atoms with van der Waals surface area (Å²) in [4.78, 5) is 2.71. The zero-order valence-corrected chi connectivity index (χ0v) is 11.9. The summed E-state index contributed by atoms with van der Waals surface area (Å²) < 4.78 is 26.6. The maximum atomic E-state index is 12.5. The van der Waals surface area contributed by atoms with Gasteiger partial charge in [-0.05, 0) is 43.9 Å². The van der Waals surface area contributed by atoms with Crippen molar-refractivity contribution < 1.29 is 8.42 Å². The quantitative estimate of drug-likeness (QED) is 0.851. The van der Waals surface area contributed by atoms with Crippen LogP contribution in [0.3, 0.4) is 0 Å². The van der Waals surface area contributed by atoms with Gasteiger partial charge in [0.05, 0.1) is 4.90 Å². The molecule has 0 amide bonds. The average molecular weight is 280 g/mol. The van der Waals surface area contributed by atoms with Gasteiger partial charge in [-0.25, -0.2) is 8.42 Å². The van der Waals surface area contributed by atoms with E-state index in [9.17, 15) is 8.42 Å². The predicted octanol–water partition coefficient (Wildman–Crippen LogP) is 2.07. The van der Waals surface area contributed by atoms with Crippen LogP contribution in [0.2, 0.25) is 0 Å². The zero-order chi connectivity index (χ0) is 13.3. The smallest absolute Gasteiger partial charge is 0.243 e. The lowest BCUT2D eigenvalue weighted by atomic mass is 10.3. The Morgan fingerprint density at radius 3 is 2.21 bits per heavy atom. The molecule has 104 valence electrons. The molecule has 4 nitrogen and oxygen atoms in total. The lowest BCUT2D eigenvalue weighted by Gasteiger charge is -2.20. The fourth-order valence-electron chi connectivity index (χ4n) is 2.89. The number of sulfonamides is 1. The Labute approximate surface area is 115 Å². The first-order valence-corrected chi connectivity index (χ1v) is 8.47. The fourth-order valence-corrected chi connectivity index (χ4v) is 4.45. The molecule has 0 N–H and O–H groups in total. The summed E-state index contributed by atoms with van der Waals surface area (Å²) in [6.07, 6.45) is 4.35. The van der Waals surface area contributed by atoms with Crippen molar-refractivity contribution in [1.82, 2.24) is 4.31 Å². The van der Waals surface area contributed by atoms with Gasteiger partial charge in [0, 0.05) is 31.9 Å². The molecule has 2 heterocycles. The highest BCUT2D eigenvalue weighted by Gasteiger charge is 2.27. The standard InChI is InChI=1S/C14H20N2O2S/c17-19(18,16-10-3-4-11-16)14-7-5-6-13(12-14)15-8-1-2-9-15/h5-7,12H,1-4,8-11H2. The van der Waals surface area contributed by atoms with Crippen molar-refractivity contribution in [3.8, 4) is 0 Å². The Bertz CT molecular complexity index is 544. The van der Waals surface area contributed by atoms with E-state index in [4.69, 9.17) is 0 Å². The molecule has 0 atom stereocenters. The van der Waals surface area contributed by atoms with Crippen LogP contribution in [-0.4, -0.2) is 38.9 Å². The van der Waals surface area contributed by atoms with E-state index >= 15 is 0 Å². The molecule has 0 bridgehead atoms. The molecule has 2 fully saturated rings. The van der Waals surface area contributed by atoms with Crippen molar-refractivity contribution in [3.63, 3.8) is 0 Å². The number of anilines is 1. The summed E-state index contributed by atoms with van der Waals surface area (Å²) in [5, 5.41) is 0. The number of nitrogens with zero attached hydrogens (tertiary/aromatic N) is 2. The van der Waals surface area contributed by atoms with Crippen LogP contribution in [0.4, 0.5) is 5.69 Å². The minimum Gasteiger partial charge on any atom is -0.371 e. The van der Waals surface area contributed by atoms with Gasteiger partial charge >= 0.3 is 0 Å². The average Bonchev–Trinajstić information content (AvgIpc) is 3.12. The van der Waals surface area contributed by atoms with Crippen molar-refractivity contribution in [1.29, 1.82) is 0 Å². The summed E-state index contributed by atoms with van der Waals surface area (Å²) in [6.45, 7) is 3.40. The Hall–Kier alpha value is -1.07. The topological polar surface area (TPSA) is 40.6 Å². The van der Waals surface area contributed by atoms with Gasteiger partial charge in [-0.2, -0.15) is 4.31 Å². The highest BCUT2D eigenvalue weighted by atomic mass is 32.2. The molecule has 0 spiro atoms. The second-order valence-corrected chi connectivity index (χ2v) is 7.24. The molecular weight excluding hydrogens is 260 g/mol. The Kier molecular flexibility index (Phi) is 3.50. The van der Waals surface area contributed by atoms with Crippen molar-refractivity contribution in [2.75, 3.05) is 31.1 Å². The first-order valence-electron chi connectivity index (χ1n) is 7.03. The van der Waals surface area contributed by atoms with E-state index in [1.54, 1.807) is 10.4 Å². The molecule has 0 aliphatic carbocycles. The summed E-state index contributed by atoms with van der Waals surface area (Å²) in [7, 11) is -3.28. The van der Waals surface area contributed by atoms with Crippen LogP contribution in [0.15, 0.2) is 29.2 Å². The second kappa shape index (κ2) is 5.13. The van der Waals surface area contributed by atoms with Gasteiger partial charge in [0.1, 0.15) is 0 Å². The Morgan fingerprint density at radius 1 is 0.895 bits per heavy atom. The maximum absolute atomic E-state index is 12.5. The third kappa shape index (κ3) is 2.49. The third-order valence-electron chi connectivity index (χ3n) is 3.99. The van der Waals surface area contributed by atoms with Gasteiger partial charge in [0.25, 0.3) is 0 Å². The van der Waals surface area contributed by atoms with E-state index in [0.717, 1.165) is 31.6 Å². The molecule has 2 aliphatic rings. The molecule has 0 aromatic heterocycles. The lowest BCUT2D eigenvalue weighted by molar-refractivity contribution is 0.477. The van der Waals surface area contributed by atoms with E-state index in [2.05, 4.69) is 4.90 Å². The van der Waals surface area contributed by atoms with Crippen molar-refractivity contribution in [3.05, 3.63) is 24.3 Å². The first-order chi connectivity index (χ1) is 9.18. The van der Waals surface area contributed by atoms with Gasteiger partial charge in [-0.3, -0.25) is 0 Å². The molecule has 1 aromatic carbocycles. The molecule has 0 radical (unpaired) electrons. The largest absolute Gasteiger partial charge is 0.371 e. The van der Waals surface area contributed by atoms with Crippen LogP contribution in [0, 0.1) is 0 Å². The summed E-state index contributed by atoms with van der Waals surface area (Å²) in [5.74, 6) is 0. The van der Waals surface area contributed by atoms with E-state index in [0.29, 0.717) is 18.0 Å². The highest BCUT2D eigenvalue weighted by Crippen LogP contribution is 2.26. The second-order valence-electron chi connectivity index (χ2n) is 5.30. The fraction of sp³-hybridized carbons (Fsp3) is 0.571. The van der Waals surface area contributed by atoms with Crippen molar-refractivity contribution in [2.24, 2.45) is 0 Å². The van der Waals surface area contributed by atoms with Gasteiger partial charge < -0.3 is 4.90 Å². The third-order valence-corrected chi connectivity index (χ3v) is 5.89. The van der Waals surface area contributed by atoms with Gasteiger partial charge in [0.2, 0.25) is 10.0 Å². The van der Waals surface area contributed by atoms with Crippen LogP contribution >= 0.6 is 0 Å². The summed E-state index contributed by atoms with van der Waals surface area (Å²) in [6, 6.07) is 7.41. The Morgan fingerprint density at radius 2 is 1.53 bits per heavy atom. The molecule has 0 unspecified atom stereocenters.